The van der Waals surface area contributed by atoms with E-state index in [2.05, 4.69) is 11.8 Å². The molecule has 0 aromatic heterocycles. The Balaban J connectivity index is 1.82. The molecule has 1 heterocycles. The zero-order valence-corrected chi connectivity index (χ0v) is 12.1. The Bertz CT molecular complexity index is 148. The van der Waals surface area contributed by atoms with Crippen LogP contribution in [0.25, 0.3) is 0 Å². The van der Waals surface area contributed by atoms with Gasteiger partial charge >= 0.3 is 0 Å². The highest BCUT2D eigenvalue weighted by Gasteiger charge is 2.07. The van der Waals surface area contributed by atoms with Crippen LogP contribution in [0.15, 0.2) is 0 Å². The summed E-state index contributed by atoms with van der Waals surface area (Å²) in [7, 11) is 0. The second kappa shape index (κ2) is 11.1. The van der Waals surface area contributed by atoms with E-state index in [9.17, 15) is 0 Å². The Kier molecular flexibility index (Phi) is 9.78. The van der Waals surface area contributed by atoms with Gasteiger partial charge in [0.1, 0.15) is 0 Å². The summed E-state index contributed by atoms with van der Waals surface area (Å²) in [5.74, 6) is 0. The topological polar surface area (TPSA) is 3.24 Å². The van der Waals surface area contributed by atoms with E-state index < -0.39 is 0 Å². The number of likely N-dealkylation sites (tertiary alicyclic amines) is 1. The van der Waals surface area contributed by atoms with Crippen LogP contribution in [0.2, 0.25) is 0 Å². The molecule has 0 aromatic carbocycles. The molecular weight excluding hydrogens is 206 g/mol. The molecule has 0 bridgehead atoms. The standard InChI is InChI=1S/C16H33N/c1-2-3-4-5-6-7-8-11-14-17-15-12-9-10-13-16-17/h2-16H2,1H3. The molecule has 1 saturated heterocycles. The van der Waals surface area contributed by atoms with E-state index in [0.29, 0.717) is 0 Å². The molecule has 1 rings (SSSR count). The second-order valence-electron chi connectivity index (χ2n) is 5.73. The Morgan fingerprint density at radius 2 is 1.18 bits per heavy atom. The molecule has 0 amide bonds. The minimum Gasteiger partial charge on any atom is -0.303 e. The van der Waals surface area contributed by atoms with E-state index in [1.807, 2.05) is 0 Å². The number of rotatable bonds is 9. The van der Waals surface area contributed by atoms with E-state index in [0.717, 1.165) is 0 Å². The SMILES string of the molecule is CCCCCCCCCCN1CCCCCC1. The van der Waals surface area contributed by atoms with Gasteiger partial charge in [-0.15, -0.1) is 0 Å². The highest BCUT2D eigenvalue weighted by atomic mass is 15.1. The zero-order valence-electron chi connectivity index (χ0n) is 12.1. The Morgan fingerprint density at radius 3 is 1.76 bits per heavy atom. The highest BCUT2D eigenvalue weighted by molar-refractivity contribution is 4.63. The van der Waals surface area contributed by atoms with Gasteiger partial charge in [-0.25, -0.2) is 0 Å². The Labute approximate surface area is 109 Å². The van der Waals surface area contributed by atoms with Crippen LogP contribution in [0.5, 0.6) is 0 Å². The van der Waals surface area contributed by atoms with Crippen molar-refractivity contribution in [3.63, 3.8) is 0 Å². The first-order chi connectivity index (χ1) is 8.43. The van der Waals surface area contributed by atoms with Gasteiger partial charge in [0.15, 0.2) is 0 Å². The second-order valence-corrected chi connectivity index (χ2v) is 5.73. The quantitative estimate of drug-likeness (QED) is 0.512. The van der Waals surface area contributed by atoms with Crippen molar-refractivity contribution in [2.24, 2.45) is 0 Å². The van der Waals surface area contributed by atoms with Crippen molar-refractivity contribution in [3.8, 4) is 0 Å². The van der Waals surface area contributed by atoms with Crippen LogP contribution in [-0.4, -0.2) is 24.5 Å². The van der Waals surface area contributed by atoms with Gasteiger partial charge in [0.25, 0.3) is 0 Å². The zero-order chi connectivity index (χ0) is 12.2. The first-order valence-electron chi connectivity index (χ1n) is 8.16. The average molecular weight is 239 g/mol. The summed E-state index contributed by atoms with van der Waals surface area (Å²) in [5.41, 5.74) is 0. The molecule has 17 heavy (non-hydrogen) atoms. The summed E-state index contributed by atoms with van der Waals surface area (Å²) in [6, 6.07) is 0. The third-order valence-electron chi connectivity index (χ3n) is 4.03. The molecule has 1 heteroatoms. The van der Waals surface area contributed by atoms with Crippen LogP contribution in [0.4, 0.5) is 0 Å². The molecule has 0 aliphatic carbocycles. The first kappa shape index (κ1) is 15.0. The van der Waals surface area contributed by atoms with E-state index in [4.69, 9.17) is 0 Å². The lowest BCUT2D eigenvalue weighted by Crippen LogP contribution is -2.25. The van der Waals surface area contributed by atoms with Gasteiger partial charge < -0.3 is 4.90 Å². The number of unbranched alkanes of at least 4 members (excludes halogenated alkanes) is 7. The van der Waals surface area contributed by atoms with Crippen molar-refractivity contribution < 1.29 is 0 Å². The molecule has 0 aromatic rings. The fraction of sp³-hybridized carbons (Fsp3) is 1.00. The van der Waals surface area contributed by atoms with Gasteiger partial charge in [-0.1, -0.05) is 64.7 Å². The van der Waals surface area contributed by atoms with Gasteiger partial charge in [0.05, 0.1) is 0 Å². The van der Waals surface area contributed by atoms with Gasteiger partial charge in [0.2, 0.25) is 0 Å². The van der Waals surface area contributed by atoms with Crippen LogP contribution in [0, 0.1) is 0 Å². The molecule has 0 radical (unpaired) electrons. The van der Waals surface area contributed by atoms with Gasteiger partial charge in [-0.3, -0.25) is 0 Å². The van der Waals surface area contributed by atoms with Crippen molar-refractivity contribution >= 4 is 0 Å². The van der Waals surface area contributed by atoms with Crippen LogP contribution in [0.3, 0.4) is 0 Å². The van der Waals surface area contributed by atoms with E-state index >= 15 is 0 Å². The number of nitrogens with zero attached hydrogens (tertiary/aromatic N) is 1. The Morgan fingerprint density at radius 1 is 0.647 bits per heavy atom. The fourth-order valence-electron chi connectivity index (χ4n) is 2.83. The molecule has 102 valence electrons. The van der Waals surface area contributed by atoms with Crippen LogP contribution in [-0.2, 0) is 0 Å². The third kappa shape index (κ3) is 8.65. The molecule has 1 nitrogen and oxygen atoms in total. The predicted octanol–water partition coefficient (Wildman–Crippen LogP) is 5.00. The minimum absolute atomic E-state index is 1.37. The molecule has 1 fully saturated rings. The normalized spacial score (nSPS) is 18.2. The largest absolute Gasteiger partial charge is 0.303 e. The van der Waals surface area contributed by atoms with Crippen molar-refractivity contribution in [2.75, 3.05) is 19.6 Å². The molecule has 0 N–H and O–H groups in total. The maximum atomic E-state index is 2.70. The summed E-state index contributed by atoms with van der Waals surface area (Å²) in [6.45, 7) is 6.41. The lowest BCUT2D eigenvalue weighted by molar-refractivity contribution is 0.277. The van der Waals surface area contributed by atoms with Gasteiger partial charge in [0, 0.05) is 0 Å². The molecule has 0 spiro atoms. The first-order valence-corrected chi connectivity index (χ1v) is 8.16. The molecule has 1 aliphatic heterocycles. The van der Waals surface area contributed by atoms with Crippen LogP contribution < -0.4 is 0 Å². The van der Waals surface area contributed by atoms with E-state index in [1.54, 1.807) is 0 Å². The van der Waals surface area contributed by atoms with E-state index in [-0.39, 0.29) is 0 Å². The maximum Gasteiger partial charge on any atom is -0.00187 e. The third-order valence-corrected chi connectivity index (χ3v) is 4.03. The summed E-state index contributed by atoms with van der Waals surface area (Å²) >= 11 is 0. The van der Waals surface area contributed by atoms with Crippen molar-refractivity contribution in [1.29, 1.82) is 0 Å². The summed E-state index contributed by atoms with van der Waals surface area (Å²) in [5, 5.41) is 0. The minimum atomic E-state index is 1.37. The molecule has 0 atom stereocenters. The van der Waals surface area contributed by atoms with Crippen molar-refractivity contribution in [2.45, 2.75) is 84.0 Å². The summed E-state index contributed by atoms with van der Waals surface area (Å²) in [4.78, 5) is 2.70. The fourth-order valence-corrected chi connectivity index (χ4v) is 2.83. The van der Waals surface area contributed by atoms with Gasteiger partial charge in [-0.2, -0.15) is 0 Å². The average Bonchev–Trinajstić information content (AvgIpc) is 2.61. The van der Waals surface area contributed by atoms with Crippen LogP contribution in [0.1, 0.15) is 84.0 Å². The molecule has 1 aliphatic rings. The van der Waals surface area contributed by atoms with E-state index in [1.165, 1.54) is 96.7 Å². The summed E-state index contributed by atoms with van der Waals surface area (Å²) in [6.07, 6.45) is 17.4. The molecular formula is C16H33N. The maximum absolute atomic E-state index is 2.70. The van der Waals surface area contributed by atoms with Crippen LogP contribution >= 0.6 is 0 Å². The Hall–Kier alpha value is -0.0400. The van der Waals surface area contributed by atoms with Crippen molar-refractivity contribution in [1.82, 2.24) is 4.90 Å². The lowest BCUT2D eigenvalue weighted by Gasteiger charge is -2.19. The number of hydrogen-bond acceptors (Lipinski definition) is 1. The lowest BCUT2D eigenvalue weighted by atomic mass is 10.1. The van der Waals surface area contributed by atoms with Crippen molar-refractivity contribution in [3.05, 3.63) is 0 Å². The monoisotopic (exact) mass is 239 g/mol. The smallest absolute Gasteiger partial charge is 0.00187 e. The highest BCUT2D eigenvalue weighted by Crippen LogP contribution is 2.12. The molecule has 0 unspecified atom stereocenters. The predicted molar refractivity (Wildman–Crippen MR) is 77.5 cm³/mol. The van der Waals surface area contributed by atoms with Gasteiger partial charge in [-0.05, 0) is 38.9 Å². The molecule has 0 saturated carbocycles. The summed E-state index contributed by atoms with van der Waals surface area (Å²) < 4.78 is 0. The number of hydrogen-bond donors (Lipinski definition) is 0.